The van der Waals surface area contributed by atoms with Crippen LogP contribution in [0.2, 0.25) is 0 Å². The van der Waals surface area contributed by atoms with Crippen molar-refractivity contribution in [1.29, 1.82) is 0 Å². The molecule has 0 saturated heterocycles. The summed E-state index contributed by atoms with van der Waals surface area (Å²) in [5, 5.41) is 0. The Morgan fingerprint density at radius 1 is 1.06 bits per heavy atom. The highest BCUT2D eigenvalue weighted by Crippen LogP contribution is 2.62. The molecule has 0 spiro atoms. The Kier molecular flexibility index (Phi) is 4.30. The summed E-state index contributed by atoms with van der Waals surface area (Å²) in [6, 6.07) is 3.36. The van der Waals surface area contributed by atoms with E-state index in [9.17, 15) is 11.7 Å². The molecule has 1 aromatic carbocycles. The first-order chi connectivity index (χ1) is 7.36. The van der Waals surface area contributed by atoms with E-state index in [1.807, 2.05) is 0 Å². The van der Waals surface area contributed by atoms with E-state index in [0.717, 1.165) is 24.8 Å². The summed E-state index contributed by atoms with van der Waals surface area (Å²) >= 11 is -5.10. The van der Waals surface area contributed by atoms with Crippen molar-refractivity contribution in [3.63, 3.8) is 0 Å². The van der Waals surface area contributed by atoms with Crippen LogP contribution in [0.5, 0.6) is 0 Å². The molecule has 0 nitrogen and oxygen atoms in total. The molecule has 0 aliphatic carbocycles. The van der Waals surface area contributed by atoms with E-state index >= 15 is 0 Å². The van der Waals surface area contributed by atoms with Crippen LogP contribution in [0.1, 0.15) is 36.5 Å². The summed E-state index contributed by atoms with van der Waals surface area (Å²) in [7, 11) is 0. The van der Waals surface area contributed by atoms with Gasteiger partial charge in [0.15, 0.2) is 0 Å². The van der Waals surface area contributed by atoms with Crippen LogP contribution in [0.3, 0.4) is 0 Å². The minimum atomic E-state index is -5.10. The van der Waals surface area contributed by atoms with Gasteiger partial charge in [-0.2, -0.15) is 0 Å². The lowest BCUT2D eigenvalue weighted by molar-refractivity contribution is 0.630. The second-order valence-corrected chi connectivity index (χ2v) is 5.29. The quantitative estimate of drug-likeness (QED) is 0.665. The van der Waals surface area contributed by atoms with Crippen LogP contribution in [-0.4, -0.2) is 0 Å². The number of halogens is 3. The first kappa shape index (κ1) is 13.4. The minimum Gasteiger partial charge on any atom is -0.120 e. The largest absolute Gasteiger partial charge is 0.238 e. The zero-order valence-electron chi connectivity index (χ0n) is 9.82. The predicted octanol–water partition coefficient (Wildman–Crippen LogP) is 5.46. The molecular formula is C12H17F3S. The summed E-state index contributed by atoms with van der Waals surface area (Å²) in [5.41, 5.74) is 1.76. The Morgan fingerprint density at radius 2 is 1.56 bits per heavy atom. The van der Waals surface area contributed by atoms with Crippen LogP contribution in [-0.2, 0) is 6.42 Å². The molecule has 1 rings (SSSR count). The molecule has 0 aliphatic heterocycles. The maximum atomic E-state index is 12.8. The number of rotatable bonds is 4. The SMILES string of the molecule is CCCCc1cc(C)c(S(F)(F)F)c(C)c1. The molecule has 0 N–H and O–H groups in total. The van der Waals surface area contributed by atoms with Gasteiger partial charge >= 0.3 is 0 Å². The summed E-state index contributed by atoms with van der Waals surface area (Å²) in [6.07, 6.45) is 2.95. The van der Waals surface area contributed by atoms with Gasteiger partial charge in [-0.15, -0.1) is 11.7 Å². The molecular weight excluding hydrogens is 233 g/mol. The van der Waals surface area contributed by atoms with Gasteiger partial charge in [0.25, 0.3) is 0 Å². The Bertz CT molecular complexity index is 346. The fourth-order valence-corrected chi connectivity index (χ4v) is 2.78. The highest BCUT2D eigenvalue weighted by Gasteiger charge is 2.28. The summed E-state index contributed by atoms with van der Waals surface area (Å²) < 4.78 is 38.3. The van der Waals surface area contributed by atoms with Crippen molar-refractivity contribution in [2.24, 2.45) is 0 Å². The lowest BCUT2D eigenvalue weighted by atomic mass is 10.0. The molecule has 0 aliphatic rings. The fourth-order valence-electron chi connectivity index (χ4n) is 1.93. The molecule has 0 unspecified atom stereocenters. The maximum Gasteiger partial charge on any atom is 0.238 e. The lowest BCUT2D eigenvalue weighted by Crippen LogP contribution is -1.95. The van der Waals surface area contributed by atoms with E-state index in [2.05, 4.69) is 6.92 Å². The molecule has 0 atom stereocenters. The van der Waals surface area contributed by atoms with Crippen molar-refractivity contribution in [1.82, 2.24) is 0 Å². The van der Waals surface area contributed by atoms with Crippen molar-refractivity contribution >= 4 is 11.2 Å². The van der Waals surface area contributed by atoms with Gasteiger partial charge in [0, 0.05) is 0 Å². The van der Waals surface area contributed by atoms with Gasteiger partial charge in [-0.1, -0.05) is 25.5 Å². The van der Waals surface area contributed by atoms with Crippen LogP contribution < -0.4 is 0 Å². The Morgan fingerprint density at radius 3 is 1.94 bits per heavy atom. The van der Waals surface area contributed by atoms with E-state index in [1.54, 1.807) is 26.0 Å². The molecule has 0 bridgehead atoms. The molecule has 0 heterocycles. The molecule has 4 heteroatoms. The average molecular weight is 250 g/mol. The molecule has 0 aromatic heterocycles. The van der Waals surface area contributed by atoms with E-state index in [1.165, 1.54) is 0 Å². The van der Waals surface area contributed by atoms with E-state index in [0.29, 0.717) is 11.1 Å². The minimum absolute atomic E-state index is 0.369. The van der Waals surface area contributed by atoms with Crippen LogP contribution in [0.4, 0.5) is 11.7 Å². The van der Waals surface area contributed by atoms with Gasteiger partial charge in [-0.3, -0.25) is 0 Å². The molecule has 0 radical (unpaired) electrons. The van der Waals surface area contributed by atoms with Crippen LogP contribution >= 0.6 is 11.2 Å². The van der Waals surface area contributed by atoms with Crippen LogP contribution in [0, 0.1) is 13.8 Å². The molecule has 16 heavy (non-hydrogen) atoms. The summed E-state index contributed by atoms with van der Waals surface area (Å²) in [4.78, 5) is -0.396. The number of hydrogen-bond donors (Lipinski definition) is 0. The topological polar surface area (TPSA) is 0 Å². The van der Waals surface area contributed by atoms with Crippen molar-refractivity contribution in [2.75, 3.05) is 0 Å². The maximum absolute atomic E-state index is 12.8. The fraction of sp³-hybridized carbons (Fsp3) is 0.500. The number of hydrogen-bond acceptors (Lipinski definition) is 0. The van der Waals surface area contributed by atoms with Gasteiger partial charge in [-0.05, 0) is 43.4 Å². The molecule has 1 aromatic rings. The van der Waals surface area contributed by atoms with Gasteiger partial charge in [0.1, 0.15) is 0 Å². The zero-order valence-corrected chi connectivity index (χ0v) is 10.6. The monoisotopic (exact) mass is 250 g/mol. The highest BCUT2D eigenvalue weighted by atomic mass is 32.3. The Balaban J connectivity index is 3.08. The van der Waals surface area contributed by atoms with Crippen molar-refractivity contribution in [3.8, 4) is 0 Å². The molecule has 0 saturated carbocycles. The first-order valence-electron chi connectivity index (χ1n) is 5.38. The third kappa shape index (κ3) is 3.17. The summed E-state index contributed by atoms with van der Waals surface area (Å²) in [6.45, 7) is 5.19. The van der Waals surface area contributed by atoms with E-state index in [-0.39, 0.29) is 0 Å². The van der Waals surface area contributed by atoms with E-state index < -0.39 is 16.1 Å². The van der Waals surface area contributed by atoms with Gasteiger partial charge < -0.3 is 0 Å². The Hall–Kier alpha value is -0.640. The lowest BCUT2D eigenvalue weighted by Gasteiger charge is -2.17. The third-order valence-electron chi connectivity index (χ3n) is 2.57. The number of benzene rings is 1. The van der Waals surface area contributed by atoms with Crippen molar-refractivity contribution in [2.45, 2.75) is 44.9 Å². The summed E-state index contributed by atoms with van der Waals surface area (Å²) in [5.74, 6) is 0. The second kappa shape index (κ2) is 5.13. The van der Waals surface area contributed by atoms with Gasteiger partial charge in [0.2, 0.25) is 11.2 Å². The van der Waals surface area contributed by atoms with Crippen molar-refractivity contribution in [3.05, 3.63) is 28.8 Å². The van der Waals surface area contributed by atoms with Crippen LogP contribution in [0.25, 0.3) is 0 Å². The average Bonchev–Trinajstić information content (AvgIpc) is 2.11. The van der Waals surface area contributed by atoms with Gasteiger partial charge in [0.05, 0.1) is 4.90 Å². The third-order valence-corrected chi connectivity index (χ3v) is 3.68. The normalized spacial score (nSPS) is 12.9. The highest BCUT2D eigenvalue weighted by molar-refractivity contribution is 8.21. The zero-order chi connectivity index (χ0) is 12.3. The molecule has 0 fully saturated rings. The number of aryl methyl sites for hydroxylation is 3. The first-order valence-corrected chi connectivity index (χ1v) is 6.72. The standard InChI is InChI=1S/C12H17F3S/c1-4-5-6-11-7-9(2)12(10(3)8-11)16(13,14)15/h7-8H,4-6H2,1-3H3. The second-order valence-electron chi connectivity index (χ2n) is 4.07. The van der Waals surface area contributed by atoms with Crippen LogP contribution in [0.15, 0.2) is 17.0 Å². The predicted molar refractivity (Wildman–Crippen MR) is 63.7 cm³/mol. The molecule has 92 valence electrons. The smallest absolute Gasteiger partial charge is 0.120 e. The van der Waals surface area contributed by atoms with Crippen molar-refractivity contribution < 1.29 is 11.7 Å². The van der Waals surface area contributed by atoms with E-state index in [4.69, 9.17) is 0 Å². The number of unbranched alkanes of at least 4 members (excludes halogenated alkanes) is 1. The Labute approximate surface area is 97.1 Å². The molecule has 0 amide bonds. The van der Waals surface area contributed by atoms with Gasteiger partial charge in [-0.25, -0.2) is 0 Å².